The van der Waals surface area contributed by atoms with Gasteiger partial charge in [0.15, 0.2) is 0 Å². The molecule has 3 aromatic rings. The highest BCUT2D eigenvalue weighted by Crippen LogP contribution is 2.22. The van der Waals surface area contributed by atoms with E-state index in [2.05, 4.69) is 21.0 Å². The van der Waals surface area contributed by atoms with Crippen LogP contribution in [0.2, 0.25) is 0 Å². The molecule has 3 amide bonds. The van der Waals surface area contributed by atoms with Crippen molar-refractivity contribution in [1.82, 2.24) is 9.78 Å². The molecule has 0 bridgehead atoms. The molecule has 10 heteroatoms. The predicted octanol–water partition coefficient (Wildman–Crippen LogP) is 3.69. The molecule has 3 rings (SSSR count). The van der Waals surface area contributed by atoms with Crippen LogP contribution in [0.4, 0.5) is 27.5 Å². The Morgan fingerprint density at radius 1 is 0.933 bits per heavy atom. The fraction of sp³-hybridized carbons (Fsp3) is 0.150. The minimum atomic E-state index is -0.508. The largest absolute Gasteiger partial charge is 0.324 e. The summed E-state index contributed by atoms with van der Waals surface area (Å²) in [5.74, 6) is -0.377. The SMILES string of the molecule is Cc1nn(CC(=O)Nc2ccc(NC(=O)Nc3ccccc3)cc2)c(C)c1[N+](=O)[O-]. The number of para-hydroxylation sites is 1. The molecular weight excluding hydrogens is 388 g/mol. The third-order valence-corrected chi connectivity index (χ3v) is 4.28. The topological polar surface area (TPSA) is 131 Å². The molecular formula is C20H20N6O4. The van der Waals surface area contributed by atoms with Crippen molar-refractivity contribution in [3.63, 3.8) is 0 Å². The van der Waals surface area contributed by atoms with Crippen molar-refractivity contribution in [3.05, 3.63) is 76.1 Å². The lowest BCUT2D eigenvalue weighted by Crippen LogP contribution is -2.21. The molecule has 0 saturated heterocycles. The number of carbonyl (C=O) groups excluding carboxylic acids is 2. The third-order valence-electron chi connectivity index (χ3n) is 4.28. The second-order valence-electron chi connectivity index (χ2n) is 6.50. The molecule has 154 valence electrons. The monoisotopic (exact) mass is 408 g/mol. The number of rotatable bonds is 6. The second kappa shape index (κ2) is 8.86. The van der Waals surface area contributed by atoms with Crippen LogP contribution in [0.3, 0.4) is 0 Å². The highest BCUT2D eigenvalue weighted by atomic mass is 16.6. The van der Waals surface area contributed by atoms with E-state index in [0.717, 1.165) is 0 Å². The summed E-state index contributed by atoms with van der Waals surface area (Å²) in [7, 11) is 0. The van der Waals surface area contributed by atoms with Gasteiger partial charge in [0.2, 0.25) is 5.91 Å². The number of hydrogen-bond acceptors (Lipinski definition) is 5. The Morgan fingerprint density at radius 3 is 2.00 bits per heavy atom. The number of nitrogens with one attached hydrogen (secondary N) is 3. The molecule has 0 aliphatic rings. The quantitative estimate of drug-likeness (QED) is 0.423. The molecule has 1 aromatic heterocycles. The average molecular weight is 408 g/mol. The van der Waals surface area contributed by atoms with Crippen molar-refractivity contribution in [2.45, 2.75) is 20.4 Å². The molecule has 3 N–H and O–H groups in total. The molecule has 0 radical (unpaired) electrons. The summed E-state index contributed by atoms with van der Waals surface area (Å²) in [6.07, 6.45) is 0. The molecule has 2 aromatic carbocycles. The maximum atomic E-state index is 12.3. The van der Waals surface area contributed by atoms with E-state index in [1.165, 1.54) is 11.6 Å². The van der Waals surface area contributed by atoms with Crippen molar-refractivity contribution in [2.24, 2.45) is 0 Å². The molecule has 0 aliphatic heterocycles. The zero-order valence-corrected chi connectivity index (χ0v) is 16.4. The Balaban J connectivity index is 1.56. The Kier molecular flexibility index (Phi) is 6.06. The number of benzene rings is 2. The normalized spacial score (nSPS) is 10.3. The lowest BCUT2D eigenvalue weighted by Gasteiger charge is -2.09. The standard InChI is InChI=1S/C20H20N6O4/c1-13-19(26(29)30)14(2)25(24-13)12-18(27)21-16-8-10-17(11-9-16)23-20(28)22-15-6-4-3-5-7-15/h3-11H,12H2,1-2H3,(H,21,27)(H2,22,23,28). The average Bonchev–Trinajstić information content (AvgIpc) is 2.97. The maximum Gasteiger partial charge on any atom is 0.323 e. The molecule has 0 atom stereocenters. The van der Waals surface area contributed by atoms with Crippen molar-refractivity contribution in [2.75, 3.05) is 16.0 Å². The summed E-state index contributed by atoms with van der Waals surface area (Å²) < 4.78 is 1.30. The summed E-state index contributed by atoms with van der Waals surface area (Å²) in [6.45, 7) is 2.92. The smallest absolute Gasteiger partial charge is 0.323 e. The van der Waals surface area contributed by atoms with Gasteiger partial charge in [-0.3, -0.25) is 19.6 Å². The van der Waals surface area contributed by atoms with Gasteiger partial charge in [0, 0.05) is 17.1 Å². The number of aryl methyl sites for hydroxylation is 1. The molecule has 0 aliphatic carbocycles. The van der Waals surface area contributed by atoms with Crippen molar-refractivity contribution in [3.8, 4) is 0 Å². The van der Waals surface area contributed by atoms with E-state index in [1.807, 2.05) is 18.2 Å². The number of hydrogen-bond donors (Lipinski definition) is 3. The highest BCUT2D eigenvalue weighted by molar-refractivity contribution is 6.00. The van der Waals surface area contributed by atoms with Gasteiger partial charge in [0.05, 0.1) is 4.92 Å². The molecule has 1 heterocycles. The summed E-state index contributed by atoms with van der Waals surface area (Å²) in [5, 5.41) is 23.2. The van der Waals surface area contributed by atoms with Gasteiger partial charge in [-0.1, -0.05) is 18.2 Å². The van der Waals surface area contributed by atoms with Crippen LogP contribution in [-0.4, -0.2) is 26.6 Å². The van der Waals surface area contributed by atoms with E-state index < -0.39 is 4.92 Å². The Bertz CT molecular complexity index is 1080. The van der Waals surface area contributed by atoms with Gasteiger partial charge in [-0.2, -0.15) is 5.10 Å². The zero-order chi connectivity index (χ0) is 21.7. The first kappa shape index (κ1) is 20.5. The number of urea groups is 1. The Morgan fingerprint density at radius 2 is 1.47 bits per heavy atom. The fourth-order valence-electron chi connectivity index (χ4n) is 2.89. The number of nitro groups is 1. The first-order valence-electron chi connectivity index (χ1n) is 9.05. The summed E-state index contributed by atoms with van der Waals surface area (Å²) >= 11 is 0. The third kappa shape index (κ3) is 4.98. The number of nitrogens with zero attached hydrogens (tertiary/aromatic N) is 3. The van der Waals surface area contributed by atoms with Crippen molar-refractivity contribution < 1.29 is 14.5 Å². The van der Waals surface area contributed by atoms with Crippen LogP contribution in [-0.2, 0) is 11.3 Å². The number of amides is 3. The second-order valence-corrected chi connectivity index (χ2v) is 6.50. The van der Waals surface area contributed by atoms with Gasteiger partial charge in [0.25, 0.3) is 0 Å². The molecule has 10 nitrogen and oxygen atoms in total. The summed E-state index contributed by atoms with van der Waals surface area (Å²) in [4.78, 5) is 34.8. The van der Waals surface area contributed by atoms with Crippen LogP contribution in [0.5, 0.6) is 0 Å². The van der Waals surface area contributed by atoms with Gasteiger partial charge in [-0.05, 0) is 50.2 Å². The lowest BCUT2D eigenvalue weighted by atomic mass is 10.2. The van der Waals surface area contributed by atoms with Crippen LogP contribution in [0.25, 0.3) is 0 Å². The first-order valence-corrected chi connectivity index (χ1v) is 9.05. The Hall–Kier alpha value is -4.21. The van der Waals surface area contributed by atoms with Gasteiger partial charge < -0.3 is 16.0 Å². The van der Waals surface area contributed by atoms with Gasteiger partial charge in [-0.25, -0.2) is 4.79 Å². The molecule has 0 fully saturated rings. The predicted molar refractivity (Wildman–Crippen MR) is 113 cm³/mol. The molecule has 30 heavy (non-hydrogen) atoms. The zero-order valence-electron chi connectivity index (χ0n) is 16.4. The Labute approximate surface area is 172 Å². The highest BCUT2D eigenvalue weighted by Gasteiger charge is 2.22. The van der Waals surface area contributed by atoms with Crippen LogP contribution in [0.15, 0.2) is 54.6 Å². The van der Waals surface area contributed by atoms with Gasteiger partial charge >= 0.3 is 11.7 Å². The van der Waals surface area contributed by atoms with Gasteiger partial charge in [-0.15, -0.1) is 0 Å². The van der Waals surface area contributed by atoms with E-state index in [-0.39, 0.29) is 29.9 Å². The van der Waals surface area contributed by atoms with Crippen molar-refractivity contribution >= 4 is 34.7 Å². The number of aromatic nitrogens is 2. The van der Waals surface area contributed by atoms with Gasteiger partial charge in [0.1, 0.15) is 17.9 Å². The van der Waals surface area contributed by atoms with E-state index in [1.54, 1.807) is 43.3 Å². The molecule has 0 unspecified atom stereocenters. The number of carbonyl (C=O) groups is 2. The van der Waals surface area contributed by atoms with Crippen LogP contribution < -0.4 is 16.0 Å². The molecule has 0 spiro atoms. The molecule has 0 saturated carbocycles. The van der Waals surface area contributed by atoms with Crippen LogP contribution in [0, 0.1) is 24.0 Å². The summed E-state index contributed by atoms with van der Waals surface area (Å²) in [6, 6.07) is 15.2. The minimum Gasteiger partial charge on any atom is -0.324 e. The maximum absolute atomic E-state index is 12.3. The van der Waals surface area contributed by atoms with Crippen LogP contribution in [0.1, 0.15) is 11.4 Å². The first-order chi connectivity index (χ1) is 14.3. The minimum absolute atomic E-state index is 0.0907. The van der Waals surface area contributed by atoms with E-state index >= 15 is 0 Å². The fourth-order valence-corrected chi connectivity index (χ4v) is 2.89. The summed E-state index contributed by atoms with van der Waals surface area (Å²) in [5.41, 5.74) is 2.22. The van der Waals surface area contributed by atoms with E-state index in [4.69, 9.17) is 0 Å². The van der Waals surface area contributed by atoms with E-state index in [0.29, 0.717) is 22.8 Å². The number of anilines is 3. The van der Waals surface area contributed by atoms with Crippen molar-refractivity contribution in [1.29, 1.82) is 0 Å². The van der Waals surface area contributed by atoms with E-state index in [9.17, 15) is 19.7 Å². The lowest BCUT2D eigenvalue weighted by molar-refractivity contribution is -0.386. The van der Waals surface area contributed by atoms with Crippen LogP contribution >= 0.6 is 0 Å².